The Bertz CT molecular complexity index is 549. The Labute approximate surface area is 142 Å². The van der Waals surface area contributed by atoms with E-state index in [0.717, 1.165) is 5.56 Å². The first-order chi connectivity index (χ1) is 11.5. The van der Waals surface area contributed by atoms with Crippen LogP contribution in [-0.4, -0.2) is 54.5 Å². The van der Waals surface area contributed by atoms with Gasteiger partial charge in [0.25, 0.3) is 0 Å². The van der Waals surface area contributed by atoms with E-state index in [1.165, 1.54) is 0 Å². The average Bonchev–Trinajstić information content (AvgIpc) is 2.61. The normalized spacial score (nSPS) is 16.7. The van der Waals surface area contributed by atoms with E-state index < -0.39 is 0 Å². The van der Waals surface area contributed by atoms with E-state index >= 15 is 0 Å². The quantitative estimate of drug-likeness (QED) is 0.806. The number of carbonyl (C=O) groups excluding carboxylic acids is 2. The summed E-state index contributed by atoms with van der Waals surface area (Å²) in [6.45, 7) is 3.44. The van der Waals surface area contributed by atoms with Crippen LogP contribution in [0.1, 0.15) is 24.8 Å². The van der Waals surface area contributed by atoms with E-state index in [0.29, 0.717) is 38.3 Å². The zero-order chi connectivity index (χ0) is 17.5. The molecule has 1 aromatic rings. The molecule has 0 saturated carbocycles. The standard InChI is InChI=1S/C17H26N4O3/c1-12-3-4-15(19-11-12)20-17(23)13-5-7-21(8-6-13)16(22)9-14(10-18)24-2/h3-4,11,13-14H,5-10,18H2,1-2H3,(H,19,20,23). The van der Waals surface area contributed by atoms with Crippen molar-refractivity contribution in [3.8, 4) is 0 Å². The first-order valence-electron chi connectivity index (χ1n) is 8.27. The minimum absolute atomic E-state index is 0.0322. The van der Waals surface area contributed by atoms with Gasteiger partial charge in [-0.3, -0.25) is 9.59 Å². The van der Waals surface area contributed by atoms with Gasteiger partial charge in [-0.2, -0.15) is 0 Å². The van der Waals surface area contributed by atoms with Gasteiger partial charge in [0.2, 0.25) is 11.8 Å². The van der Waals surface area contributed by atoms with E-state index in [2.05, 4.69) is 10.3 Å². The van der Waals surface area contributed by atoms with Crippen molar-refractivity contribution < 1.29 is 14.3 Å². The topological polar surface area (TPSA) is 97.5 Å². The van der Waals surface area contributed by atoms with Crippen LogP contribution >= 0.6 is 0 Å². The van der Waals surface area contributed by atoms with Crippen LogP contribution in [0.2, 0.25) is 0 Å². The van der Waals surface area contributed by atoms with E-state index in [4.69, 9.17) is 10.5 Å². The summed E-state index contributed by atoms with van der Waals surface area (Å²) >= 11 is 0. The highest BCUT2D eigenvalue weighted by Crippen LogP contribution is 2.20. The van der Waals surface area contributed by atoms with Crippen molar-refractivity contribution in [2.45, 2.75) is 32.3 Å². The fraction of sp³-hybridized carbons (Fsp3) is 0.588. The van der Waals surface area contributed by atoms with E-state index in [9.17, 15) is 9.59 Å². The number of aromatic nitrogens is 1. The number of likely N-dealkylation sites (tertiary alicyclic amines) is 1. The summed E-state index contributed by atoms with van der Waals surface area (Å²) in [5.41, 5.74) is 6.60. The molecule has 1 aliphatic heterocycles. The predicted octanol–water partition coefficient (Wildman–Crippen LogP) is 0.931. The van der Waals surface area contributed by atoms with Crippen molar-refractivity contribution in [2.24, 2.45) is 11.7 Å². The molecule has 7 heteroatoms. The summed E-state index contributed by atoms with van der Waals surface area (Å²) in [6.07, 6.45) is 3.08. The Balaban J connectivity index is 1.80. The number of carbonyl (C=O) groups is 2. The number of ether oxygens (including phenoxy) is 1. The minimum atomic E-state index is -0.244. The van der Waals surface area contributed by atoms with Crippen molar-refractivity contribution in [1.29, 1.82) is 0 Å². The molecule has 2 amide bonds. The Hall–Kier alpha value is -1.99. The number of nitrogens with zero attached hydrogens (tertiary/aromatic N) is 2. The van der Waals surface area contributed by atoms with Gasteiger partial charge in [0.15, 0.2) is 0 Å². The number of amides is 2. The highest BCUT2D eigenvalue weighted by Gasteiger charge is 2.28. The van der Waals surface area contributed by atoms with Gasteiger partial charge in [-0.05, 0) is 31.4 Å². The minimum Gasteiger partial charge on any atom is -0.380 e. The number of pyridine rings is 1. The molecule has 1 unspecified atom stereocenters. The fourth-order valence-corrected chi connectivity index (χ4v) is 2.75. The van der Waals surface area contributed by atoms with Gasteiger partial charge >= 0.3 is 0 Å². The van der Waals surface area contributed by atoms with Crippen molar-refractivity contribution in [2.75, 3.05) is 32.1 Å². The molecule has 0 bridgehead atoms. The second-order valence-corrected chi connectivity index (χ2v) is 6.16. The van der Waals surface area contributed by atoms with Crippen LogP contribution in [-0.2, 0) is 14.3 Å². The molecule has 3 N–H and O–H groups in total. The highest BCUT2D eigenvalue weighted by molar-refractivity contribution is 5.91. The van der Waals surface area contributed by atoms with Crippen LogP contribution < -0.4 is 11.1 Å². The number of aryl methyl sites for hydroxylation is 1. The SMILES string of the molecule is COC(CN)CC(=O)N1CCC(C(=O)Nc2ccc(C)cn2)CC1. The fourth-order valence-electron chi connectivity index (χ4n) is 2.75. The van der Waals surface area contributed by atoms with Crippen molar-refractivity contribution in [3.05, 3.63) is 23.9 Å². The molecule has 7 nitrogen and oxygen atoms in total. The van der Waals surface area contributed by atoms with E-state index in [-0.39, 0.29) is 30.3 Å². The second-order valence-electron chi connectivity index (χ2n) is 6.16. The van der Waals surface area contributed by atoms with Crippen LogP contribution in [0, 0.1) is 12.8 Å². The van der Waals surface area contributed by atoms with Crippen LogP contribution in [0.3, 0.4) is 0 Å². The van der Waals surface area contributed by atoms with Crippen molar-refractivity contribution >= 4 is 17.6 Å². The molecule has 0 aromatic carbocycles. The summed E-state index contributed by atoms with van der Waals surface area (Å²) in [4.78, 5) is 30.5. The zero-order valence-electron chi connectivity index (χ0n) is 14.3. The second kappa shape index (κ2) is 8.75. The molecule has 2 heterocycles. The molecule has 0 aliphatic carbocycles. The first kappa shape index (κ1) is 18.4. The van der Waals surface area contributed by atoms with Crippen molar-refractivity contribution in [1.82, 2.24) is 9.88 Å². The lowest BCUT2D eigenvalue weighted by molar-refractivity contribution is -0.136. The van der Waals surface area contributed by atoms with E-state index in [1.54, 1.807) is 24.3 Å². The van der Waals surface area contributed by atoms with Gasteiger partial charge in [0, 0.05) is 38.9 Å². The molecule has 1 saturated heterocycles. The number of rotatable bonds is 6. The predicted molar refractivity (Wildman–Crippen MR) is 91.4 cm³/mol. The highest BCUT2D eigenvalue weighted by atomic mass is 16.5. The average molecular weight is 334 g/mol. The number of anilines is 1. The Morgan fingerprint density at radius 1 is 1.42 bits per heavy atom. The van der Waals surface area contributed by atoms with Gasteiger partial charge in [0.1, 0.15) is 5.82 Å². The van der Waals surface area contributed by atoms with E-state index in [1.807, 2.05) is 13.0 Å². The molecular formula is C17H26N4O3. The zero-order valence-corrected chi connectivity index (χ0v) is 14.3. The third kappa shape index (κ3) is 5.01. The molecule has 132 valence electrons. The maximum atomic E-state index is 12.3. The number of methoxy groups -OCH3 is 1. The summed E-state index contributed by atoms with van der Waals surface area (Å²) in [7, 11) is 1.56. The molecule has 1 aromatic heterocycles. The van der Waals surface area contributed by atoms with Gasteiger partial charge in [-0.25, -0.2) is 4.98 Å². The third-order valence-electron chi connectivity index (χ3n) is 4.38. The Morgan fingerprint density at radius 3 is 2.67 bits per heavy atom. The molecule has 2 rings (SSSR count). The molecule has 0 spiro atoms. The number of hydrogen-bond acceptors (Lipinski definition) is 5. The largest absolute Gasteiger partial charge is 0.380 e. The maximum absolute atomic E-state index is 12.3. The molecule has 24 heavy (non-hydrogen) atoms. The van der Waals surface area contributed by atoms with Crippen LogP contribution in [0.25, 0.3) is 0 Å². The lowest BCUT2D eigenvalue weighted by atomic mass is 9.95. The van der Waals surface area contributed by atoms with Gasteiger partial charge in [-0.15, -0.1) is 0 Å². The van der Waals surface area contributed by atoms with Gasteiger partial charge in [-0.1, -0.05) is 6.07 Å². The third-order valence-corrected chi connectivity index (χ3v) is 4.38. The monoisotopic (exact) mass is 334 g/mol. The summed E-state index contributed by atoms with van der Waals surface area (Å²) in [5, 5.41) is 2.84. The maximum Gasteiger partial charge on any atom is 0.228 e. The van der Waals surface area contributed by atoms with Crippen LogP contribution in [0.5, 0.6) is 0 Å². The Morgan fingerprint density at radius 2 is 2.12 bits per heavy atom. The summed E-state index contributed by atoms with van der Waals surface area (Å²) < 4.78 is 5.15. The summed E-state index contributed by atoms with van der Waals surface area (Å²) in [6, 6.07) is 3.71. The molecular weight excluding hydrogens is 308 g/mol. The first-order valence-corrected chi connectivity index (χ1v) is 8.27. The molecule has 1 aliphatic rings. The van der Waals surface area contributed by atoms with Crippen LogP contribution in [0.15, 0.2) is 18.3 Å². The molecule has 1 atom stereocenters. The number of piperidine rings is 1. The summed E-state index contributed by atoms with van der Waals surface area (Å²) in [5.74, 6) is 0.474. The van der Waals surface area contributed by atoms with Crippen LogP contribution in [0.4, 0.5) is 5.82 Å². The smallest absolute Gasteiger partial charge is 0.228 e. The number of nitrogens with two attached hydrogens (primary N) is 1. The Kier molecular flexibility index (Phi) is 6.69. The lowest BCUT2D eigenvalue weighted by Crippen LogP contribution is -2.43. The number of hydrogen-bond donors (Lipinski definition) is 2. The van der Waals surface area contributed by atoms with Gasteiger partial charge < -0.3 is 20.7 Å². The lowest BCUT2D eigenvalue weighted by Gasteiger charge is -2.32. The molecule has 1 fully saturated rings. The number of nitrogens with one attached hydrogen (secondary N) is 1. The molecule has 0 radical (unpaired) electrons. The van der Waals surface area contributed by atoms with Crippen molar-refractivity contribution in [3.63, 3.8) is 0 Å². The van der Waals surface area contributed by atoms with Gasteiger partial charge in [0.05, 0.1) is 12.5 Å².